The SMILES string of the molecule is CC#CCn1c(N2CCCCC2)nc2cc(C(N)=O)n(C)c(=O)c21. The smallest absolute Gasteiger partial charge is 0.277 e. The summed E-state index contributed by atoms with van der Waals surface area (Å²) in [6, 6.07) is 1.59. The highest BCUT2D eigenvalue weighted by Crippen LogP contribution is 2.24. The molecule has 0 aromatic carbocycles. The van der Waals surface area contributed by atoms with E-state index in [-0.39, 0.29) is 11.3 Å². The van der Waals surface area contributed by atoms with Crippen LogP contribution in [0, 0.1) is 11.8 Å². The highest BCUT2D eigenvalue weighted by molar-refractivity contribution is 5.94. The molecule has 1 aliphatic rings. The van der Waals surface area contributed by atoms with Crippen LogP contribution in [0.1, 0.15) is 36.7 Å². The van der Waals surface area contributed by atoms with E-state index < -0.39 is 5.91 Å². The van der Waals surface area contributed by atoms with E-state index >= 15 is 0 Å². The zero-order valence-corrected chi connectivity index (χ0v) is 14.0. The molecule has 0 radical (unpaired) electrons. The molecular formula is C17H21N5O2. The van der Waals surface area contributed by atoms with E-state index in [1.807, 2.05) is 4.57 Å². The first kappa shape index (κ1) is 16.1. The normalized spacial score (nSPS) is 14.5. The van der Waals surface area contributed by atoms with Crippen molar-refractivity contribution in [1.82, 2.24) is 14.1 Å². The van der Waals surface area contributed by atoms with Crippen LogP contribution in [0.5, 0.6) is 0 Å². The van der Waals surface area contributed by atoms with Crippen LogP contribution in [-0.4, -0.2) is 33.1 Å². The lowest BCUT2D eigenvalue weighted by atomic mass is 10.1. The molecule has 3 heterocycles. The molecule has 2 N–H and O–H groups in total. The van der Waals surface area contributed by atoms with Crippen molar-refractivity contribution in [2.24, 2.45) is 12.8 Å². The van der Waals surface area contributed by atoms with Gasteiger partial charge in [-0.05, 0) is 32.3 Å². The molecule has 2 aromatic rings. The van der Waals surface area contributed by atoms with Crippen LogP contribution in [-0.2, 0) is 13.6 Å². The van der Waals surface area contributed by atoms with Gasteiger partial charge in [-0.1, -0.05) is 5.92 Å². The number of rotatable bonds is 3. The maximum atomic E-state index is 12.8. The molecule has 7 nitrogen and oxygen atoms in total. The van der Waals surface area contributed by atoms with Crippen molar-refractivity contribution < 1.29 is 4.79 Å². The summed E-state index contributed by atoms with van der Waals surface area (Å²) in [5.41, 5.74) is 6.21. The Hall–Kier alpha value is -2.75. The Morgan fingerprint density at radius 2 is 2.04 bits per heavy atom. The number of piperidine rings is 1. The van der Waals surface area contributed by atoms with Crippen molar-refractivity contribution >= 4 is 22.9 Å². The first-order valence-electron chi connectivity index (χ1n) is 8.09. The summed E-state index contributed by atoms with van der Waals surface area (Å²) >= 11 is 0. The van der Waals surface area contributed by atoms with Gasteiger partial charge < -0.3 is 15.2 Å². The maximum Gasteiger partial charge on any atom is 0.277 e. The number of amides is 1. The summed E-state index contributed by atoms with van der Waals surface area (Å²) in [5, 5.41) is 0. The molecule has 1 fully saturated rings. The minimum atomic E-state index is -0.640. The third kappa shape index (κ3) is 2.64. The summed E-state index contributed by atoms with van der Waals surface area (Å²) in [6.07, 6.45) is 3.42. The predicted octanol–water partition coefficient (Wildman–Crippen LogP) is 0.848. The minimum absolute atomic E-state index is 0.156. The van der Waals surface area contributed by atoms with E-state index in [4.69, 9.17) is 5.73 Å². The highest BCUT2D eigenvalue weighted by atomic mass is 16.2. The van der Waals surface area contributed by atoms with Crippen molar-refractivity contribution in [3.63, 3.8) is 0 Å². The molecule has 0 atom stereocenters. The summed E-state index contributed by atoms with van der Waals surface area (Å²) in [6.45, 7) is 3.98. The number of carbonyl (C=O) groups excluding carboxylic acids is 1. The molecule has 1 saturated heterocycles. The molecular weight excluding hydrogens is 306 g/mol. The first-order chi connectivity index (χ1) is 11.5. The molecule has 0 spiro atoms. The zero-order chi connectivity index (χ0) is 17.3. The van der Waals surface area contributed by atoms with Gasteiger partial charge in [0.05, 0.1) is 12.1 Å². The van der Waals surface area contributed by atoms with E-state index in [1.54, 1.807) is 20.0 Å². The van der Waals surface area contributed by atoms with Gasteiger partial charge >= 0.3 is 0 Å². The molecule has 0 aliphatic carbocycles. The lowest BCUT2D eigenvalue weighted by Gasteiger charge is -2.27. The Balaban J connectivity index is 2.26. The number of primary amides is 1. The second kappa shape index (κ2) is 6.40. The number of pyridine rings is 1. The van der Waals surface area contributed by atoms with E-state index in [0.29, 0.717) is 17.6 Å². The van der Waals surface area contributed by atoms with E-state index in [2.05, 4.69) is 21.7 Å². The average Bonchev–Trinajstić information content (AvgIpc) is 2.95. The molecule has 0 bridgehead atoms. The lowest BCUT2D eigenvalue weighted by molar-refractivity contribution is 0.0991. The molecule has 0 saturated carbocycles. The monoisotopic (exact) mass is 327 g/mol. The van der Waals surface area contributed by atoms with Crippen LogP contribution in [0.25, 0.3) is 11.0 Å². The number of aromatic nitrogens is 3. The predicted molar refractivity (Wildman–Crippen MR) is 93.0 cm³/mol. The highest BCUT2D eigenvalue weighted by Gasteiger charge is 2.22. The number of imidazole rings is 1. The Morgan fingerprint density at radius 3 is 2.67 bits per heavy atom. The number of hydrogen-bond acceptors (Lipinski definition) is 4. The fourth-order valence-corrected chi connectivity index (χ4v) is 3.16. The van der Waals surface area contributed by atoms with Gasteiger partial charge in [-0.3, -0.25) is 14.2 Å². The van der Waals surface area contributed by atoms with Crippen molar-refractivity contribution in [1.29, 1.82) is 0 Å². The number of anilines is 1. The largest absolute Gasteiger partial charge is 0.364 e. The van der Waals surface area contributed by atoms with Gasteiger partial charge in [0.25, 0.3) is 11.5 Å². The van der Waals surface area contributed by atoms with Crippen molar-refractivity contribution in [2.75, 3.05) is 18.0 Å². The summed E-state index contributed by atoms with van der Waals surface area (Å²) in [4.78, 5) is 31.2. The van der Waals surface area contributed by atoms with Gasteiger partial charge in [0.1, 0.15) is 11.2 Å². The second-order valence-corrected chi connectivity index (χ2v) is 5.96. The molecule has 7 heteroatoms. The van der Waals surface area contributed by atoms with Crippen molar-refractivity contribution in [3.05, 3.63) is 22.1 Å². The van der Waals surface area contributed by atoms with Gasteiger partial charge in [-0.15, -0.1) is 5.92 Å². The zero-order valence-electron chi connectivity index (χ0n) is 14.0. The van der Waals surface area contributed by atoms with Crippen LogP contribution in [0.4, 0.5) is 5.95 Å². The second-order valence-electron chi connectivity index (χ2n) is 5.96. The molecule has 3 rings (SSSR count). The van der Waals surface area contributed by atoms with Gasteiger partial charge in [0, 0.05) is 20.1 Å². The minimum Gasteiger partial charge on any atom is -0.364 e. The van der Waals surface area contributed by atoms with Gasteiger partial charge in [-0.25, -0.2) is 4.98 Å². The Labute approximate surface area is 140 Å². The van der Waals surface area contributed by atoms with Crippen molar-refractivity contribution in [3.8, 4) is 11.8 Å². The maximum absolute atomic E-state index is 12.8. The Morgan fingerprint density at radius 1 is 1.33 bits per heavy atom. The fourth-order valence-electron chi connectivity index (χ4n) is 3.16. The lowest BCUT2D eigenvalue weighted by Crippen LogP contribution is -2.32. The molecule has 0 unspecified atom stereocenters. The fraction of sp³-hybridized carbons (Fsp3) is 0.471. The Kier molecular flexibility index (Phi) is 4.30. The number of fused-ring (bicyclic) bond motifs is 1. The molecule has 126 valence electrons. The molecule has 24 heavy (non-hydrogen) atoms. The molecule has 1 aliphatic heterocycles. The van der Waals surface area contributed by atoms with Gasteiger partial charge in [0.15, 0.2) is 0 Å². The summed E-state index contributed by atoms with van der Waals surface area (Å²) in [7, 11) is 1.55. The molecule has 2 aromatic heterocycles. The van der Waals surface area contributed by atoms with Crippen LogP contribution >= 0.6 is 0 Å². The Bertz CT molecular complexity index is 907. The van der Waals surface area contributed by atoms with Crippen LogP contribution in [0.15, 0.2) is 10.9 Å². The summed E-state index contributed by atoms with van der Waals surface area (Å²) in [5.74, 6) is 5.98. The number of nitrogens with two attached hydrogens (primary N) is 1. The van der Waals surface area contributed by atoms with Crippen LogP contribution in [0.2, 0.25) is 0 Å². The third-order valence-corrected chi connectivity index (χ3v) is 4.42. The third-order valence-electron chi connectivity index (χ3n) is 4.42. The van der Waals surface area contributed by atoms with Gasteiger partial charge in [-0.2, -0.15) is 0 Å². The van der Waals surface area contributed by atoms with Crippen molar-refractivity contribution in [2.45, 2.75) is 32.7 Å². The standard InChI is InChI=1S/C17H21N5O2/c1-3-4-10-22-14-12(11-13(15(18)23)20(2)16(14)24)19-17(22)21-8-6-5-7-9-21/h11H,5-10H2,1-2H3,(H2,18,23). The van der Waals surface area contributed by atoms with E-state index in [0.717, 1.165) is 31.9 Å². The van der Waals surface area contributed by atoms with E-state index in [9.17, 15) is 9.59 Å². The van der Waals surface area contributed by atoms with Crippen LogP contribution < -0.4 is 16.2 Å². The van der Waals surface area contributed by atoms with E-state index in [1.165, 1.54) is 11.0 Å². The number of nitrogens with zero attached hydrogens (tertiary/aromatic N) is 4. The summed E-state index contributed by atoms with van der Waals surface area (Å²) < 4.78 is 3.13. The topological polar surface area (TPSA) is 86.2 Å². The average molecular weight is 327 g/mol. The first-order valence-corrected chi connectivity index (χ1v) is 8.09. The number of carbonyl (C=O) groups is 1. The van der Waals surface area contributed by atoms with Crippen LogP contribution in [0.3, 0.4) is 0 Å². The van der Waals surface area contributed by atoms with Gasteiger partial charge in [0.2, 0.25) is 5.95 Å². The quantitative estimate of drug-likeness (QED) is 0.847. The number of hydrogen-bond donors (Lipinski definition) is 1. The molecule has 1 amide bonds.